The summed E-state index contributed by atoms with van der Waals surface area (Å²) in [6.07, 6.45) is 0. The molecule has 0 saturated carbocycles. The number of hydrogen-bond donors (Lipinski definition) is 1. The molecular weight excluding hydrogens is 310 g/mol. The summed E-state index contributed by atoms with van der Waals surface area (Å²) in [7, 11) is 0.694. The highest BCUT2D eigenvalue weighted by molar-refractivity contribution is 6.89. The van der Waals surface area contributed by atoms with Crippen LogP contribution in [-0.2, 0) is 9.47 Å². The van der Waals surface area contributed by atoms with Gasteiger partial charge in [0.1, 0.15) is 0 Å². The fraction of sp³-hybridized carbons (Fsp3) is 0.294. The molecule has 1 N–H and O–H groups in total. The number of carbonyl (C=O) groups excluding carboxylic acids is 2. The number of nitrogens with one attached hydrogen (secondary N) is 1. The van der Waals surface area contributed by atoms with Gasteiger partial charge in [-0.3, -0.25) is 0 Å². The minimum Gasteiger partial charge on any atom is -0.465 e. The Morgan fingerprint density at radius 1 is 0.913 bits per heavy atom. The first kappa shape index (κ1) is 17.0. The Morgan fingerprint density at radius 3 is 1.91 bits per heavy atom. The van der Waals surface area contributed by atoms with E-state index in [-0.39, 0.29) is 11.1 Å². The van der Waals surface area contributed by atoms with Crippen LogP contribution in [0, 0.1) is 0 Å². The number of rotatable bonds is 4. The first-order valence-electron chi connectivity index (χ1n) is 7.29. The number of methoxy groups -OCH3 is 2. The largest absolute Gasteiger partial charge is 0.465 e. The summed E-state index contributed by atoms with van der Waals surface area (Å²) >= 11 is 0. The smallest absolute Gasteiger partial charge is 0.340 e. The molecule has 0 radical (unpaired) electrons. The number of aromatic nitrogens is 1. The van der Waals surface area contributed by atoms with Crippen LogP contribution in [0.1, 0.15) is 20.7 Å². The van der Waals surface area contributed by atoms with E-state index in [9.17, 15) is 9.59 Å². The molecule has 0 aliphatic heterocycles. The first-order valence-corrected chi connectivity index (χ1v) is 10.8. The van der Waals surface area contributed by atoms with Crippen molar-refractivity contribution < 1.29 is 19.1 Å². The lowest BCUT2D eigenvalue weighted by atomic mass is 10.0. The summed E-state index contributed by atoms with van der Waals surface area (Å²) in [5.74, 6) is -1.08. The fourth-order valence-electron chi connectivity index (χ4n) is 2.50. The maximum atomic E-state index is 12.4. The molecule has 1 aromatic heterocycles. The van der Waals surface area contributed by atoms with Gasteiger partial charge in [0.05, 0.1) is 39.1 Å². The second-order valence-electron chi connectivity index (χ2n) is 6.22. The van der Waals surface area contributed by atoms with E-state index in [4.69, 9.17) is 9.47 Å². The van der Waals surface area contributed by atoms with Crippen molar-refractivity contribution in [3.05, 3.63) is 41.5 Å². The van der Waals surface area contributed by atoms with Crippen LogP contribution in [-0.4, -0.2) is 39.2 Å². The molecule has 0 atom stereocenters. The van der Waals surface area contributed by atoms with Crippen molar-refractivity contribution >= 4 is 25.3 Å². The zero-order chi connectivity index (χ0) is 17.2. The quantitative estimate of drug-likeness (QED) is 0.691. The molecule has 0 unspecified atom stereocenters. The van der Waals surface area contributed by atoms with Crippen molar-refractivity contribution in [2.75, 3.05) is 14.2 Å². The standard InChI is InChI=1S/C17H21NO4Si/c1-21-16(19)12-13(17(20)22-2)15(23(3,4)5)18-14(12)11-9-7-6-8-10-11/h6-10,18H,1-5H3. The normalized spacial score (nSPS) is 11.2. The molecule has 0 spiro atoms. The van der Waals surface area contributed by atoms with Crippen LogP contribution in [0.15, 0.2) is 30.3 Å². The molecule has 0 bridgehead atoms. The number of hydrogen-bond acceptors (Lipinski definition) is 4. The van der Waals surface area contributed by atoms with Crippen LogP contribution in [0.5, 0.6) is 0 Å². The van der Waals surface area contributed by atoms with Gasteiger partial charge in [-0.1, -0.05) is 50.0 Å². The highest BCUT2D eigenvalue weighted by Gasteiger charge is 2.34. The average Bonchev–Trinajstić information content (AvgIpc) is 2.95. The van der Waals surface area contributed by atoms with Crippen molar-refractivity contribution in [3.8, 4) is 11.3 Å². The predicted molar refractivity (Wildman–Crippen MR) is 91.9 cm³/mol. The topological polar surface area (TPSA) is 68.4 Å². The fourth-order valence-corrected chi connectivity index (χ4v) is 3.97. The highest BCUT2D eigenvalue weighted by Crippen LogP contribution is 2.27. The third-order valence-corrected chi connectivity index (χ3v) is 5.47. The van der Waals surface area contributed by atoms with Gasteiger partial charge in [0.2, 0.25) is 0 Å². The van der Waals surface area contributed by atoms with E-state index in [1.54, 1.807) is 0 Å². The number of esters is 2. The summed E-state index contributed by atoms with van der Waals surface area (Å²) < 4.78 is 9.82. The molecular formula is C17H21NO4Si. The van der Waals surface area contributed by atoms with Crippen LogP contribution in [0.4, 0.5) is 0 Å². The Labute approximate surface area is 136 Å². The third-order valence-electron chi connectivity index (χ3n) is 3.59. The van der Waals surface area contributed by atoms with Crippen molar-refractivity contribution in [1.29, 1.82) is 0 Å². The molecule has 5 nitrogen and oxygen atoms in total. The van der Waals surface area contributed by atoms with Crippen LogP contribution in [0.3, 0.4) is 0 Å². The summed E-state index contributed by atoms with van der Waals surface area (Å²) in [6.45, 7) is 6.29. The number of aromatic amines is 1. The number of carbonyl (C=O) groups is 2. The van der Waals surface area contributed by atoms with E-state index >= 15 is 0 Å². The van der Waals surface area contributed by atoms with E-state index < -0.39 is 20.0 Å². The summed E-state index contributed by atoms with van der Waals surface area (Å²) in [6, 6.07) is 9.41. The molecule has 1 aromatic carbocycles. The summed E-state index contributed by atoms with van der Waals surface area (Å²) in [5.41, 5.74) is 1.94. The predicted octanol–water partition coefficient (Wildman–Crippen LogP) is 2.80. The number of benzene rings is 1. The van der Waals surface area contributed by atoms with Crippen molar-refractivity contribution in [3.63, 3.8) is 0 Å². The van der Waals surface area contributed by atoms with Crippen LogP contribution in [0.25, 0.3) is 11.3 Å². The van der Waals surface area contributed by atoms with Crippen LogP contribution >= 0.6 is 0 Å². The average molecular weight is 331 g/mol. The Bertz CT molecular complexity index is 729. The van der Waals surface area contributed by atoms with Gasteiger partial charge < -0.3 is 14.5 Å². The molecule has 0 aliphatic carbocycles. The van der Waals surface area contributed by atoms with Crippen molar-refractivity contribution in [2.45, 2.75) is 19.6 Å². The Morgan fingerprint density at radius 2 is 1.43 bits per heavy atom. The SMILES string of the molecule is COC(=O)c1c(-c2ccccc2)[nH]c([Si](C)(C)C)c1C(=O)OC. The molecule has 23 heavy (non-hydrogen) atoms. The molecule has 1 heterocycles. The van der Waals surface area contributed by atoms with E-state index in [2.05, 4.69) is 24.6 Å². The zero-order valence-corrected chi connectivity index (χ0v) is 15.0. The van der Waals surface area contributed by atoms with Crippen molar-refractivity contribution in [1.82, 2.24) is 4.98 Å². The molecule has 0 saturated heterocycles. The van der Waals surface area contributed by atoms with Gasteiger partial charge in [-0.15, -0.1) is 0 Å². The lowest BCUT2D eigenvalue weighted by molar-refractivity contribution is 0.0558. The zero-order valence-electron chi connectivity index (χ0n) is 14.0. The second-order valence-corrected chi connectivity index (χ2v) is 11.2. The Hall–Kier alpha value is -2.34. The summed E-state index contributed by atoms with van der Waals surface area (Å²) in [4.78, 5) is 28.0. The maximum Gasteiger partial charge on any atom is 0.340 e. The lowest BCUT2D eigenvalue weighted by Crippen LogP contribution is -2.42. The number of H-pyrrole nitrogens is 1. The minimum absolute atomic E-state index is 0.239. The molecule has 122 valence electrons. The van der Waals surface area contributed by atoms with E-state index in [0.717, 1.165) is 10.9 Å². The number of ether oxygens (including phenoxy) is 2. The van der Waals surface area contributed by atoms with Gasteiger partial charge in [-0.25, -0.2) is 9.59 Å². The molecule has 0 amide bonds. The summed E-state index contributed by atoms with van der Waals surface area (Å²) in [5, 5.41) is 0.781. The molecule has 2 rings (SSSR count). The van der Waals surface area contributed by atoms with Crippen LogP contribution < -0.4 is 5.32 Å². The van der Waals surface area contributed by atoms with E-state index in [1.807, 2.05) is 30.3 Å². The van der Waals surface area contributed by atoms with Crippen molar-refractivity contribution in [2.24, 2.45) is 0 Å². The molecule has 0 fully saturated rings. The highest BCUT2D eigenvalue weighted by atomic mass is 28.3. The van der Waals surface area contributed by atoms with Gasteiger partial charge in [-0.2, -0.15) is 0 Å². The van der Waals surface area contributed by atoms with E-state index in [1.165, 1.54) is 14.2 Å². The Kier molecular flexibility index (Phi) is 4.75. The minimum atomic E-state index is -1.92. The second kappa shape index (κ2) is 6.42. The van der Waals surface area contributed by atoms with Gasteiger partial charge in [0.25, 0.3) is 0 Å². The third kappa shape index (κ3) is 3.22. The maximum absolute atomic E-state index is 12.4. The monoisotopic (exact) mass is 331 g/mol. The van der Waals surface area contributed by atoms with Crippen LogP contribution in [0.2, 0.25) is 19.6 Å². The molecule has 0 aliphatic rings. The lowest BCUT2D eigenvalue weighted by Gasteiger charge is -2.16. The molecule has 2 aromatic rings. The first-order chi connectivity index (χ1) is 10.8. The van der Waals surface area contributed by atoms with Gasteiger partial charge >= 0.3 is 11.9 Å². The van der Waals surface area contributed by atoms with Gasteiger partial charge in [0, 0.05) is 5.32 Å². The molecule has 6 heteroatoms. The van der Waals surface area contributed by atoms with E-state index in [0.29, 0.717) is 5.69 Å². The van der Waals surface area contributed by atoms with Gasteiger partial charge in [0.15, 0.2) is 0 Å². The van der Waals surface area contributed by atoms with Gasteiger partial charge in [-0.05, 0) is 5.56 Å². The Balaban J connectivity index is 2.84.